The zero-order valence-electron chi connectivity index (χ0n) is 18.7. The second-order valence-electron chi connectivity index (χ2n) is 8.52. The lowest BCUT2D eigenvalue weighted by molar-refractivity contribution is -0.153. The van der Waals surface area contributed by atoms with Crippen molar-refractivity contribution in [3.8, 4) is 0 Å². The summed E-state index contributed by atoms with van der Waals surface area (Å²) in [6.07, 6.45) is 14.5. The molecular weight excluding hydrogens is 450 g/mol. The summed E-state index contributed by atoms with van der Waals surface area (Å²) in [4.78, 5) is 26.2. The SMILES string of the molecule is COC(=O)C1(CCCCBr)CCCC1.COC(=O)C1(CCCCN=[N+]=[N-])CCCC1. The number of nitrogens with zero attached hydrogens (tertiary/aromatic N) is 3. The van der Waals surface area contributed by atoms with Crippen LogP contribution >= 0.6 is 15.9 Å². The molecular formula is C22H38BrN3O4. The highest BCUT2D eigenvalue weighted by Gasteiger charge is 2.42. The third-order valence-electron chi connectivity index (χ3n) is 6.62. The van der Waals surface area contributed by atoms with Gasteiger partial charge in [-0.25, -0.2) is 0 Å². The number of carbonyl (C=O) groups is 2. The van der Waals surface area contributed by atoms with Gasteiger partial charge in [-0.1, -0.05) is 59.6 Å². The van der Waals surface area contributed by atoms with E-state index in [-0.39, 0.29) is 22.8 Å². The van der Waals surface area contributed by atoms with Crippen LogP contribution in [-0.4, -0.2) is 38.0 Å². The third kappa shape index (κ3) is 8.10. The lowest BCUT2D eigenvalue weighted by atomic mass is 9.81. The number of methoxy groups -OCH3 is 2. The van der Waals surface area contributed by atoms with Crippen molar-refractivity contribution in [1.29, 1.82) is 0 Å². The van der Waals surface area contributed by atoms with Crippen molar-refractivity contribution in [3.05, 3.63) is 10.4 Å². The second kappa shape index (κ2) is 14.7. The maximum atomic E-state index is 11.8. The Bertz CT molecular complexity index is 567. The normalized spacial score (nSPS) is 18.6. The van der Waals surface area contributed by atoms with Crippen molar-refractivity contribution in [2.24, 2.45) is 15.9 Å². The Morgan fingerprint density at radius 1 is 0.867 bits per heavy atom. The van der Waals surface area contributed by atoms with Crippen LogP contribution in [0.2, 0.25) is 0 Å². The highest BCUT2D eigenvalue weighted by Crippen LogP contribution is 2.44. The molecule has 172 valence electrons. The third-order valence-corrected chi connectivity index (χ3v) is 7.18. The molecule has 8 heteroatoms. The minimum Gasteiger partial charge on any atom is -0.469 e. The number of rotatable bonds is 11. The summed E-state index contributed by atoms with van der Waals surface area (Å²) in [7, 11) is 2.97. The predicted octanol–water partition coefficient (Wildman–Crippen LogP) is 6.49. The van der Waals surface area contributed by atoms with Crippen LogP contribution in [0.25, 0.3) is 10.4 Å². The first kappa shape index (κ1) is 26.8. The number of azide groups is 1. The van der Waals surface area contributed by atoms with Gasteiger partial charge in [0.05, 0.1) is 25.0 Å². The van der Waals surface area contributed by atoms with Crippen LogP contribution < -0.4 is 0 Å². The van der Waals surface area contributed by atoms with Crippen LogP contribution in [0.1, 0.15) is 89.9 Å². The van der Waals surface area contributed by atoms with E-state index in [0.29, 0.717) is 6.54 Å². The molecule has 2 fully saturated rings. The van der Waals surface area contributed by atoms with Crippen LogP contribution in [0.3, 0.4) is 0 Å². The van der Waals surface area contributed by atoms with E-state index in [4.69, 9.17) is 15.0 Å². The Hall–Kier alpha value is -1.27. The highest BCUT2D eigenvalue weighted by molar-refractivity contribution is 9.09. The van der Waals surface area contributed by atoms with Crippen LogP contribution in [0.4, 0.5) is 0 Å². The molecule has 0 bridgehead atoms. The number of unbranched alkanes of at least 4 members (excludes halogenated alkanes) is 2. The lowest BCUT2D eigenvalue weighted by Crippen LogP contribution is -2.29. The van der Waals surface area contributed by atoms with E-state index in [9.17, 15) is 9.59 Å². The number of ether oxygens (including phenoxy) is 2. The summed E-state index contributed by atoms with van der Waals surface area (Å²) in [5.74, 6) is -0.0432. The molecule has 0 radical (unpaired) electrons. The molecule has 0 amide bonds. The summed E-state index contributed by atoms with van der Waals surface area (Å²) >= 11 is 3.41. The fourth-order valence-electron chi connectivity index (χ4n) is 4.90. The van der Waals surface area contributed by atoms with Crippen LogP contribution in [-0.2, 0) is 19.1 Å². The number of hydrogen-bond acceptors (Lipinski definition) is 5. The Balaban J connectivity index is 0.000000303. The molecule has 2 aliphatic rings. The van der Waals surface area contributed by atoms with Gasteiger partial charge in [-0.2, -0.15) is 0 Å². The molecule has 0 atom stereocenters. The zero-order valence-corrected chi connectivity index (χ0v) is 20.3. The molecule has 0 heterocycles. The molecule has 0 aromatic rings. The monoisotopic (exact) mass is 487 g/mol. The molecule has 0 spiro atoms. The van der Waals surface area contributed by atoms with E-state index in [2.05, 4.69) is 26.0 Å². The lowest BCUT2D eigenvalue weighted by Gasteiger charge is -2.25. The summed E-state index contributed by atoms with van der Waals surface area (Å²) in [6, 6.07) is 0. The van der Waals surface area contributed by atoms with Gasteiger partial charge in [0.25, 0.3) is 0 Å². The number of carbonyl (C=O) groups excluding carboxylic acids is 2. The summed E-state index contributed by atoms with van der Waals surface area (Å²) in [5, 5.41) is 4.52. The molecule has 7 nitrogen and oxygen atoms in total. The Morgan fingerprint density at radius 2 is 1.30 bits per heavy atom. The van der Waals surface area contributed by atoms with Crippen molar-refractivity contribution in [2.45, 2.75) is 89.9 Å². The first-order valence-corrected chi connectivity index (χ1v) is 12.4. The largest absolute Gasteiger partial charge is 0.469 e. The van der Waals surface area contributed by atoms with E-state index in [1.54, 1.807) is 0 Å². The maximum Gasteiger partial charge on any atom is 0.311 e. The van der Waals surface area contributed by atoms with Crippen LogP contribution in [0.5, 0.6) is 0 Å². The molecule has 0 aromatic heterocycles. The molecule has 0 aliphatic heterocycles. The Morgan fingerprint density at radius 3 is 1.67 bits per heavy atom. The number of esters is 2. The minimum atomic E-state index is -0.245. The van der Waals surface area contributed by atoms with Gasteiger partial charge in [0.2, 0.25) is 0 Å². The average Bonchev–Trinajstić information content (AvgIpc) is 3.44. The quantitative estimate of drug-likeness (QED) is 0.0829. The Labute approximate surface area is 189 Å². The van der Waals surface area contributed by atoms with Gasteiger partial charge in [-0.15, -0.1) is 0 Å². The van der Waals surface area contributed by atoms with Gasteiger partial charge in [-0.05, 0) is 56.9 Å². The Kier molecular flexibility index (Phi) is 13.1. The second-order valence-corrected chi connectivity index (χ2v) is 9.31. The number of alkyl halides is 1. The molecule has 2 saturated carbocycles. The topological polar surface area (TPSA) is 101 Å². The fourth-order valence-corrected chi connectivity index (χ4v) is 5.29. The fraction of sp³-hybridized carbons (Fsp3) is 0.909. The first-order valence-electron chi connectivity index (χ1n) is 11.2. The molecule has 2 rings (SSSR count). The minimum absolute atomic E-state index is 0.0181. The summed E-state index contributed by atoms with van der Waals surface area (Å²) in [6.45, 7) is 0.522. The van der Waals surface area contributed by atoms with Crippen molar-refractivity contribution >= 4 is 27.9 Å². The van der Waals surface area contributed by atoms with Gasteiger partial charge in [0.15, 0.2) is 0 Å². The first-order chi connectivity index (χ1) is 14.5. The maximum absolute atomic E-state index is 11.8. The van der Waals surface area contributed by atoms with Gasteiger partial charge in [-0.3, -0.25) is 9.59 Å². The molecule has 0 saturated heterocycles. The van der Waals surface area contributed by atoms with E-state index < -0.39 is 0 Å². The highest BCUT2D eigenvalue weighted by atomic mass is 79.9. The van der Waals surface area contributed by atoms with Crippen molar-refractivity contribution in [2.75, 3.05) is 26.1 Å². The van der Waals surface area contributed by atoms with Gasteiger partial charge in [0, 0.05) is 16.8 Å². The van der Waals surface area contributed by atoms with E-state index in [0.717, 1.165) is 82.4 Å². The van der Waals surface area contributed by atoms with E-state index in [1.165, 1.54) is 27.1 Å². The standard InChI is InChI=1S/C11H19BrO2.C11H19N3O2/c1-14-10(13)11(6-2-3-7-11)8-4-5-9-12;1-16-10(15)11(6-2-3-7-11)8-4-5-9-13-14-12/h2-9H2,1H3;2-9H2,1H3. The number of hydrogen-bond donors (Lipinski definition) is 0. The van der Waals surface area contributed by atoms with Gasteiger partial charge >= 0.3 is 11.9 Å². The molecule has 2 aliphatic carbocycles. The molecule has 0 aromatic carbocycles. The molecule has 0 unspecified atom stereocenters. The van der Waals surface area contributed by atoms with Gasteiger partial charge in [0.1, 0.15) is 0 Å². The zero-order chi connectivity index (χ0) is 22.3. The van der Waals surface area contributed by atoms with E-state index in [1.807, 2.05) is 0 Å². The molecule has 0 N–H and O–H groups in total. The van der Waals surface area contributed by atoms with Gasteiger partial charge < -0.3 is 9.47 Å². The predicted molar refractivity (Wildman–Crippen MR) is 121 cm³/mol. The summed E-state index contributed by atoms with van der Waals surface area (Å²) in [5.41, 5.74) is 7.77. The number of halogens is 1. The van der Waals surface area contributed by atoms with Crippen molar-refractivity contribution in [3.63, 3.8) is 0 Å². The van der Waals surface area contributed by atoms with Crippen molar-refractivity contribution in [1.82, 2.24) is 0 Å². The smallest absolute Gasteiger partial charge is 0.311 e. The van der Waals surface area contributed by atoms with E-state index >= 15 is 0 Å². The molecule has 30 heavy (non-hydrogen) atoms. The van der Waals surface area contributed by atoms with Crippen LogP contribution in [0.15, 0.2) is 5.11 Å². The van der Waals surface area contributed by atoms with Crippen LogP contribution in [0, 0.1) is 10.8 Å². The van der Waals surface area contributed by atoms with Crippen molar-refractivity contribution < 1.29 is 19.1 Å². The average molecular weight is 488 g/mol. The summed E-state index contributed by atoms with van der Waals surface area (Å²) < 4.78 is 9.81.